The predicted octanol–water partition coefficient (Wildman–Crippen LogP) is 2.83. The van der Waals surface area contributed by atoms with Crippen molar-refractivity contribution in [1.29, 1.82) is 0 Å². The number of nitrogens with zero attached hydrogens (tertiary/aromatic N) is 1. The first-order chi connectivity index (χ1) is 8.70. The molecule has 1 aliphatic rings. The molecule has 3 nitrogen and oxygen atoms in total. The minimum atomic E-state index is -0.0815. The Balaban J connectivity index is 1.95. The fraction of sp³-hybridized carbons (Fsp3) is 0.400. The molecular formula is C15H20N2O. The molecule has 0 radical (unpaired) electrons. The number of hydrogen-bond donors (Lipinski definition) is 1. The number of aryl methyl sites for hydroxylation is 1. The fourth-order valence-corrected chi connectivity index (χ4v) is 2.08. The molecule has 1 aromatic rings. The number of rotatable bonds is 5. The van der Waals surface area contributed by atoms with Crippen molar-refractivity contribution in [3.05, 3.63) is 42.0 Å². The van der Waals surface area contributed by atoms with Gasteiger partial charge in [-0.3, -0.25) is 15.2 Å². The number of carbonyl (C=O) groups is 1. The number of unbranched alkanes of at least 4 members (excludes halogenated alkanes) is 2. The number of hydrogen-bond acceptors (Lipinski definition) is 2. The van der Waals surface area contributed by atoms with Crippen LogP contribution in [-0.4, -0.2) is 12.5 Å². The molecule has 0 saturated carbocycles. The zero-order valence-corrected chi connectivity index (χ0v) is 10.9. The number of amides is 1. The Morgan fingerprint density at radius 2 is 2.00 bits per heavy atom. The first-order valence-corrected chi connectivity index (χ1v) is 6.56. The zero-order valence-electron chi connectivity index (χ0n) is 10.9. The van der Waals surface area contributed by atoms with Crippen molar-refractivity contribution in [1.82, 2.24) is 5.43 Å². The summed E-state index contributed by atoms with van der Waals surface area (Å²) in [4.78, 5) is 11.3. The lowest BCUT2D eigenvalue weighted by molar-refractivity contribution is -0.116. The summed E-state index contributed by atoms with van der Waals surface area (Å²) >= 11 is 0. The van der Waals surface area contributed by atoms with Crippen molar-refractivity contribution in [2.24, 2.45) is 0 Å². The largest absolute Gasteiger partial charge is 0.281 e. The molecule has 1 amide bonds. The minimum absolute atomic E-state index is 0.0815. The summed E-state index contributed by atoms with van der Waals surface area (Å²) in [5.41, 5.74) is 5.77. The molecule has 0 atom stereocenters. The van der Waals surface area contributed by atoms with Crippen molar-refractivity contribution < 1.29 is 4.79 Å². The lowest BCUT2D eigenvalue weighted by atomic mass is 10.1. The number of hydrazine groups is 1. The smallest absolute Gasteiger partial charge is 0.267 e. The average molecular weight is 244 g/mol. The van der Waals surface area contributed by atoms with Gasteiger partial charge in [0.05, 0.1) is 12.2 Å². The molecule has 0 aromatic heterocycles. The van der Waals surface area contributed by atoms with Gasteiger partial charge in [-0.2, -0.15) is 0 Å². The summed E-state index contributed by atoms with van der Waals surface area (Å²) in [5.74, 6) is -0.0815. The first kappa shape index (κ1) is 12.7. The van der Waals surface area contributed by atoms with E-state index < -0.39 is 0 Å². The van der Waals surface area contributed by atoms with E-state index in [1.807, 2.05) is 5.01 Å². The van der Waals surface area contributed by atoms with Crippen LogP contribution in [0.4, 0.5) is 5.69 Å². The van der Waals surface area contributed by atoms with Gasteiger partial charge in [0.25, 0.3) is 5.91 Å². The highest BCUT2D eigenvalue weighted by atomic mass is 16.2. The van der Waals surface area contributed by atoms with Crippen LogP contribution in [0.25, 0.3) is 0 Å². The van der Waals surface area contributed by atoms with Crippen molar-refractivity contribution in [2.45, 2.75) is 32.6 Å². The van der Waals surface area contributed by atoms with E-state index in [1.54, 1.807) is 0 Å². The van der Waals surface area contributed by atoms with Crippen LogP contribution in [0.1, 0.15) is 31.7 Å². The van der Waals surface area contributed by atoms with Crippen molar-refractivity contribution >= 4 is 11.6 Å². The monoisotopic (exact) mass is 244 g/mol. The van der Waals surface area contributed by atoms with Crippen LogP contribution in [-0.2, 0) is 11.2 Å². The van der Waals surface area contributed by atoms with E-state index in [-0.39, 0.29) is 5.91 Å². The molecule has 18 heavy (non-hydrogen) atoms. The molecule has 96 valence electrons. The van der Waals surface area contributed by atoms with E-state index >= 15 is 0 Å². The van der Waals surface area contributed by atoms with Gasteiger partial charge in [0.1, 0.15) is 0 Å². The average Bonchev–Trinajstić information content (AvgIpc) is 2.71. The van der Waals surface area contributed by atoms with Crippen molar-refractivity contribution in [2.75, 3.05) is 11.6 Å². The van der Waals surface area contributed by atoms with Gasteiger partial charge in [-0.05, 0) is 30.5 Å². The second-order valence-corrected chi connectivity index (χ2v) is 4.75. The van der Waals surface area contributed by atoms with Gasteiger partial charge in [0, 0.05) is 5.57 Å². The Morgan fingerprint density at radius 3 is 2.56 bits per heavy atom. The standard InChI is InChI=1S/C15H20N2O/c1-3-4-5-6-13-7-9-14(10-8-13)17-11-12(2)15(18)16-17/h7-10H,2-6,11H2,1H3,(H,16,18). The first-order valence-electron chi connectivity index (χ1n) is 6.56. The van der Waals surface area contributed by atoms with E-state index in [0.29, 0.717) is 12.1 Å². The van der Waals surface area contributed by atoms with E-state index in [4.69, 9.17) is 0 Å². The maximum atomic E-state index is 11.3. The van der Waals surface area contributed by atoms with Gasteiger partial charge in [0.2, 0.25) is 0 Å². The molecule has 1 aliphatic heterocycles. The summed E-state index contributed by atoms with van der Waals surface area (Å²) < 4.78 is 0. The maximum absolute atomic E-state index is 11.3. The van der Waals surface area contributed by atoms with Crippen LogP contribution < -0.4 is 10.4 Å². The third kappa shape index (κ3) is 2.92. The summed E-state index contributed by atoms with van der Waals surface area (Å²) in [6.45, 7) is 6.50. The molecule has 0 unspecified atom stereocenters. The Bertz CT molecular complexity index is 420. The molecule has 1 fully saturated rings. The number of anilines is 1. The summed E-state index contributed by atoms with van der Waals surface area (Å²) in [6, 6.07) is 8.39. The SMILES string of the molecule is C=C1CN(c2ccc(CCCCC)cc2)NC1=O. The summed E-state index contributed by atoms with van der Waals surface area (Å²) in [7, 11) is 0. The molecule has 0 aliphatic carbocycles. The second-order valence-electron chi connectivity index (χ2n) is 4.75. The van der Waals surface area contributed by atoms with Crippen LogP contribution in [0.2, 0.25) is 0 Å². The van der Waals surface area contributed by atoms with Crippen LogP contribution in [0, 0.1) is 0 Å². The quantitative estimate of drug-likeness (QED) is 0.638. The predicted molar refractivity (Wildman–Crippen MR) is 74.3 cm³/mol. The molecule has 1 aromatic carbocycles. The lowest BCUT2D eigenvalue weighted by Crippen LogP contribution is -2.32. The molecule has 0 bridgehead atoms. The van der Waals surface area contributed by atoms with E-state index in [2.05, 4.69) is 43.2 Å². The van der Waals surface area contributed by atoms with Gasteiger partial charge in [-0.15, -0.1) is 0 Å². The van der Waals surface area contributed by atoms with E-state index in [9.17, 15) is 4.79 Å². The normalized spacial score (nSPS) is 15.1. The van der Waals surface area contributed by atoms with Crippen LogP contribution >= 0.6 is 0 Å². The minimum Gasteiger partial charge on any atom is -0.281 e. The van der Waals surface area contributed by atoms with Crippen molar-refractivity contribution in [3.63, 3.8) is 0 Å². The maximum Gasteiger partial charge on any atom is 0.267 e. The van der Waals surface area contributed by atoms with Gasteiger partial charge in [-0.25, -0.2) is 0 Å². The van der Waals surface area contributed by atoms with Crippen LogP contribution in [0.5, 0.6) is 0 Å². The molecular weight excluding hydrogens is 224 g/mol. The van der Waals surface area contributed by atoms with Gasteiger partial charge in [-0.1, -0.05) is 38.5 Å². The third-order valence-electron chi connectivity index (χ3n) is 3.22. The topological polar surface area (TPSA) is 32.3 Å². The second kappa shape index (κ2) is 5.71. The zero-order chi connectivity index (χ0) is 13.0. The highest BCUT2D eigenvalue weighted by Crippen LogP contribution is 2.19. The Labute approximate surface area is 108 Å². The summed E-state index contributed by atoms with van der Waals surface area (Å²) in [5, 5.41) is 1.83. The highest BCUT2D eigenvalue weighted by Gasteiger charge is 2.22. The highest BCUT2D eigenvalue weighted by molar-refractivity contribution is 5.97. The number of benzene rings is 1. The lowest BCUT2D eigenvalue weighted by Gasteiger charge is -2.17. The fourth-order valence-electron chi connectivity index (χ4n) is 2.08. The van der Waals surface area contributed by atoms with Gasteiger partial charge >= 0.3 is 0 Å². The third-order valence-corrected chi connectivity index (χ3v) is 3.22. The van der Waals surface area contributed by atoms with E-state index in [1.165, 1.54) is 24.8 Å². The van der Waals surface area contributed by atoms with Crippen LogP contribution in [0.15, 0.2) is 36.4 Å². The Hall–Kier alpha value is -1.77. The molecule has 1 heterocycles. The Kier molecular flexibility index (Phi) is 4.03. The molecule has 0 spiro atoms. The number of carbonyl (C=O) groups excluding carboxylic acids is 1. The van der Waals surface area contributed by atoms with Gasteiger partial charge < -0.3 is 0 Å². The van der Waals surface area contributed by atoms with Gasteiger partial charge in [0.15, 0.2) is 0 Å². The molecule has 3 heteroatoms. The van der Waals surface area contributed by atoms with Crippen molar-refractivity contribution in [3.8, 4) is 0 Å². The molecule has 1 N–H and O–H groups in total. The number of nitrogens with one attached hydrogen (secondary N) is 1. The van der Waals surface area contributed by atoms with E-state index in [0.717, 1.165) is 12.1 Å². The Morgan fingerprint density at radius 1 is 1.28 bits per heavy atom. The summed E-state index contributed by atoms with van der Waals surface area (Å²) in [6.07, 6.45) is 4.91. The molecule has 2 rings (SSSR count). The van der Waals surface area contributed by atoms with Crippen LogP contribution in [0.3, 0.4) is 0 Å². The molecule has 1 saturated heterocycles.